The number of hydrogen-bond donors (Lipinski definition) is 1. The van der Waals surface area contributed by atoms with E-state index in [2.05, 4.69) is 35.2 Å². The van der Waals surface area contributed by atoms with Crippen molar-refractivity contribution in [2.75, 3.05) is 0 Å². The number of nitrogens with zero attached hydrogens (tertiary/aromatic N) is 3. The molecule has 0 amide bonds. The highest BCUT2D eigenvalue weighted by Gasteiger charge is 2.07. The highest BCUT2D eigenvalue weighted by Crippen LogP contribution is 2.20. The van der Waals surface area contributed by atoms with E-state index >= 15 is 0 Å². The van der Waals surface area contributed by atoms with Gasteiger partial charge in [0.15, 0.2) is 0 Å². The molecule has 0 aromatic carbocycles. The number of aryl methyl sites for hydroxylation is 1. The summed E-state index contributed by atoms with van der Waals surface area (Å²) in [6.45, 7) is 4.28. The molecule has 0 spiro atoms. The van der Waals surface area contributed by atoms with Crippen LogP contribution < -0.4 is 0 Å². The van der Waals surface area contributed by atoms with Crippen molar-refractivity contribution >= 4 is 0 Å². The van der Waals surface area contributed by atoms with Gasteiger partial charge in [-0.05, 0) is 12.0 Å². The molecule has 74 valence electrons. The van der Waals surface area contributed by atoms with Crippen molar-refractivity contribution in [3.8, 4) is 11.3 Å². The zero-order valence-electron chi connectivity index (χ0n) is 8.65. The standard InChI is InChI=1S/C10H14N4/c1-7(2)9-4-10(13-12-9)8-5-11-14(3)6-8/h4-7H,1-3H3,(H,12,13). The van der Waals surface area contributed by atoms with E-state index < -0.39 is 0 Å². The summed E-state index contributed by atoms with van der Waals surface area (Å²) in [5, 5.41) is 11.4. The van der Waals surface area contributed by atoms with Crippen LogP contribution in [0.15, 0.2) is 18.5 Å². The van der Waals surface area contributed by atoms with E-state index in [0.29, 0.717) is 5.92 Å². The molecule has 2 rings (SSSR count). The zero-order chi connectivity index (χ0) is 10.1. The number of H-pyrrole nitrogens is 1. The minimum absolute atomic E-state index is 0.480. The molecule has 0 bridgehead atoms. The van der Waals surface area contributed by atoms with Gasteiger partial charge in [-0.25, -0.2) is 0 Å². The van der Waals surface area contributed by atoms with Gasteiger partial charge in [0.25, 0.3) is 0 Å². The molecule has 0 aliphatic rings. The first-order valence-corrected chi connectivity index (χ1v) is 4.71. The van der Waals surface area contributed by atoms with E-state index in [0.717, 1.165) is 17.0 Å². The van der Waals surface area contributed by atoms with Gasteiger partial charge < -0.3 is 0 Å². The molecule has 14 heavy (non-hydrogen) atoms. The van der Waals surface area contributed by atoms with Crippen molar-refractivity contribution in [2.24, 2.45) is 7.05 Å². The molecule has 2 heterocycles. The fourth-order valence-corrected chi connectivity index (χ4v) is 1.33. The molecule has 0 atom stereocenters. The van der Waals surface area contributed by atoms with Crippen molar-refractivity contribution in [2.45, 2.75) is 19.8 Å². The van der Waals surface area contributed by atoms with Crippen LogP contribution in [0.1, 0.15) is 25.5 Å². The van der Waals surface area contributed by atoms with Crippen LogP contribution in [-0.2, 0) is 7.05 Å². The molecule has 2 aromatic rings. The predicted octanol–water partition coefficient (Wildman–Crippen LogP) is 1.93. The maximum absolute atomic E-state index is 4.24. The Bertz CT molecular complexity index is 425. The fourth-order valence-electron chi connectivity index (χ4n) is 1.33. The van der Waals surface area contributed by atoms with E-state index in [1.54, 1.807) is 4.68 Å². The highest BCUT2D eigenvalue weighted by atomic mass is 15.2. The monoisotopic (exact) mass is 190 g/mol. The van der Waals surface area contributed by atoms with Gasteiger partial charge >= 0.3 is 0 Å². The number of rotatable bonds is 2. The van der Waals surface area contributed by atoms with E-state index in [9.17, 15) is 0 Å². The molecular formula is C10H14N4. The van der Waals surface area contributed by atoms with Gasteiger partial charge in [-0.1, -0.05) is 13.8 Å². The van der Waals surface area contributed by atoms with Crippen molar-refractivity contribution in [1.82, 2.24) is 20.0 Å². The summed E-state index contributed by atoms with van der Waals surface area (Å²) in [5.41, 5.74) is 3.17. The van der Waals surface area contributed by atoms with E-state index in [1.165, 1.54) is 0 Å². The average molecular weight is 190 g/mol. The Morgan fingerprint density at radius 1 is 1.43 bits per heavy atom. The second-order valence-electron chi connectivity index (χ2n) is 3.77. The molecule has 0 saturated carbocycles. The van der Waals surface area contributed by atoms with Crippen molar-refractivity contribution in [3.63, 3.8) is 0 Å². The summed E-state index contributed by atoms with van der Waals surface area (Å²) in [4.78, 5) is 0. The van der Waals surface area contributed by atoms with E-state index in [4.69, 9.17) is 0 Å². The van der Waals surface area contributed by atoms with Crippen LogP contribution in [0.4, 0.5) is 0 Å². The maximum atomic E-state index is 4.24. The lowest BCUT2D eigenvalue weighted by Gasteiger charge is -1.96. The summed E-state index contributed by atoms with van der Waals surface area (Å²) >= 11 is 0. The van der Waals surface area contributed by atoms with Crippen LogP contribution in [0, 0.1) is 0 Å². The Kier molecular flexibility index (Phi) is 2.11. The van der Waals surface area contributed by atoms with Gasteiger partial charge in [-0.2, -0.15) is 10.2 Å². The van der Waals surface area contributed by atoms with Gasteiger partial charge in [0, 0.05) is 24.5 Å². The molecule has 1 N–H and O–H groups in total. The summed E-state index contributed by atoms with van der Waals surface area (Å²) in [6.07, 6.45) is 3.78. The van der Waals surface area contributed by atoms with Crippen molar-refractivity contribution in [1.29, 1.82) is 0 Å². The van der Waals surface area contributed by atoms with Crippen LogP contribution in [0.5, 0.6) is 0 Å². The van der Waals surface area contributed by atoms with Gasteiger partial charge in [0.05, 0.1) is 11.9 Å². The fraction of sp³-hybridized carbons (Fsp3) is 0.400. The van der Waals surface area contributed by atoms with E-state index in [-0.39, 0.29) is 0 Å². The molecule has 0 unspecified atom stereocenters. The Balaban J connectivity index is 2.33. The molecule has 0 radical (unpaired) electrons. The number of nitrogens with one attached hydrogen (secondary N) is 1. The molecule has 4 heteroatoms. The molecular weight excluding hydrogens is 176 g/mol. The topological polar surface area (TPSA) is 46.5 Å². The molecule has 0 fully saturated rings. The van der Waals surface area contributed by atoms with E-state index in [1.807, 2.05) is 19.4 Å². The summed E-state index contributed by atoms with van der Waals surface area (Å²) in [5.74, 6) is 0.480. The number of hydrogen-bond acceptors (Lipinski definition) is 2. The summed E-state index contributed by atoms with van der Waals surface area (Å²) < 4.78 is 1.78. The first-order chi connectivity index (χ1) is 6.66. The summed E-state index contributed by atoms with van der Waals surface area (Å²) in [6, 6.07) is 2.07. The highest BCUT2D eigenvalue weighted by molar-refractivity contribution is 5.57. The van der Waals surface area contributed by atoms with Crippen LogP contribution in [0.2, 0.25) is 0 Å². The predicted molar refractivity (Wildman–Crippen MR) is 54.9 cm³/mol. The molecule has 0 saturated heterocycles. The minimum atomic E-state index is 0.480. The normalized spacial score (nSPS) is 11.1. The molecule has 2 aromatic heterocycles. The first-order valence-electron chi connectivity index (χ1n) is 4.71. The van der Waals surface area contributed by atoms with Crippen LogP contribution in [0.25, 0.3) is 11.3 Å². The molecule has 0 aliphatic carbocycles. The largest absolute Gasteiger partial charge is 0.282 e. The van der Waals surface area contributed by atoms with Crippen LogP contribution >= 0.6 is 0 Å². The lowest BCUT2D eigenvalue weighted by Crippen LogP contribution is -1.85. The quantitative estimate of drug-likeness (QED) is 0.786. The van der Waals surface area contributed by atoms with Gasteiger partial charge in [-0.15, -0.1) is 0 Å². The average Bonchev–Trinajstić information content (AvgIpc) is 2.70. The number of aromatic amines is 1. The molecule has 0 aliphatic heterocycles. The second-order valence-corrected chi connectivity index (χ2v) is 3.77. The number of aromatic nitrogens is 4. The molecule has 4 nitrogen and oxygen atoms in total. The first kappa shape index (κ1) is 8.99. The lowest BCUT2D eigenvalue weighted by atomic mass is 10.1. The smallest absolute Gasteiger partial charge is 0.0955 e. The third-order valence-electron chi connectivity index (χ3n) is 2.22. The van der Waals surface area contributed by atoms with Gasteiger partial charge in [0.2, 0.25) is 0 Å². The Morgan fingerprint density at radius 2 is 2.21 bits per heavy atom. The van der Waals surface area contributed by atoms with Crippen molar-refractivity contribution in [3.05, 3.63) is 24.2 Å². The Labute approximate surface area is 83.0 Å². The Hall–Kier alpha value is -1.58. The maximum Gasteiger partial charge on any atom is 0.0955 e. The third kappa shape index (κ3) is 1.55. The summed E-state index contributed by atoms with van der Waals surface area (Å²) in [7, 11) is 1.90. The lowest BCUT2D eigenvalue weighted by molar-refractivity contribution is 0.768. The zero-order valence-corrected chi connectivity index (χ0v) is 8.65. The van der Waals surface area contributed by atoms with Crippen LogP contribution in [-0.4, -0.2) is 20.0 Å². The Morgan fingerprint density at radius 3 is 2.71 bits per heavy atom. The van der Waals surface area contributed by atoms with Gasteiger partial charge in [-0.3, -0.25) is 9.78 Å². The SMILES string of the molecule is CC(C)c1cc(-c2cnn(C)c2)n[nH]1. The van der Waals surface area contributed by atoms with Crippen molar-refractivity contribution < 1.29 is 0 Å². The second kappa shape index (κ2) is 3.29. The van der Waals surface area contributed by atoms with Crippen LogP contribution in [0.3, 0.4) is 0 Å². The minimum Gasteiger partial charge on any atom is -0.282 e. The third-order valence-corrected chi connectivity index (χ3v) is 2.22. The van der Waals surface area contributed by atoms with Gasteiger partial charge in [0.1, 0.15) is 0 Å².